The molecule has 2 aliphatic heterocycles. The molecule has 0 spiro atoms. The molecule has 2 N–H and O–H groups in total. The fraction of sp³-hybridized carbons (Fsp3) is 0.786. The molecule has 0 saturated carbocycles. The van der Waals surface area contributed by atoms with Gasteiger partial charge in [-0.3, -0.25) is 5.10 Å². The van der Waals surface area contributed by atoms with Crippen molar-refractivity contribution in [2.45, 2.75) is 58.2 Å². The molecule has 0 amide bonds. The Morgan fingerprint density at radius 2 is 2.22 bits per heavy atom. The van der Waals surface area contributed by atoms with Crippen molar-refractivity contribution in [2.75, 3.05) is 13.1 Å². The Kier molecular flexibility index (Phi) is 3.39. The lowest BCUT2D eigenvalue weighted by Crippen LogP contribution is -2.45. The number of fused-ring (bicyclic) bond motifs is 1. The first-order valence-electron chi connectivity index (χ1n) is 7.22. The summed E-state index contributed by atoms with van der Waals surface area (Å²) >= 11 is 0. The van der Waals surface area contributed by atoms with Crippen molar-refractivity contribution >= 4 is 0 Å². The van der Waals surface area contributed by atoms with E-state index in [-0.39, 0.29) is 0 Å². The summed E-state index contributed by atoms with van der Waals surface area (Å²) < 4.78 is 0. The lowest BCUT2D eigenvalue weighted by molar-refractivity contribution is 0.166. The van der Waals surface area contributed by atoms with Crippen LogP contribution in [0.4, 0.5) is 0 Å². The Hall–Kier alpha value is -0.870. The Bertz CT molecular complexity index is 392. The van der Waals surface area contributed by atoms with Gasteiger partial charge in [-0.1, -0.05) is 0 Å². The van der Waals surface area contributed by atoms with Crippen LogP contribution in [0.25, 0.3) is 0 Å². The van der Waals surface area contributed by atoms with E-state index < -0.39 is 0 Å². The fourth-order valence-corrected chi connectivity index (χ4v) is 3.49. The number of aromatic nitrogens is 2. The number of rotatable bonds is 3. The highest BCUT2D eigenvalue weighted by Gasteiger charge is 2.31. The largest absolute Gasteiger partial charge is 0.310 e. The predicted octanol–water partition coefficient (Wildman–Crippen LogP) is 1.74. The van der Waals surface area contributed by atoms with Crippen molar-refractivity contribution in [3.63, 3.8) is 0 Å². The summed E-state index contributed by atoms with van der Waals surface area (Å²) in [5, 5.41) is 11.1. The van der Waals surface area contributed by atoms with Gasteiger partial charge in [-0.25, -0.2) is 0 Å². The van der Waals surface area contributed by atoms with E-state index in [1.807, 2.05) is 0 Å². The highest BCUT2D eigenvalue weighted by molar-refractivity contribution is 5.22. The second kappa shape index (κ2) is 5.02. The van der Waals surface area contributed by atoms with Crippen LogP contribution in [0.15, 0.2) is 0 Å². The standard InChI is InChI=1S/C14H24N4/c1-10-14(11(2)17-16-10)9-15-12-5-7-18-6-3-4-13(18)8-12/h12-13,15H,3-9H2,1-2H3,(H,16,17). The molecule has 100 valence electrons. The van der Waals surface area contributed by atoms with Gasteiger partial charge in [0.1, 0.15) is 0 Å². The maximum absolute atomic E-state index is 4.26. The molecular formula is C14H24N4. The molecule has 0 aliphatic carbocycles. The molecule has 2 unspecified atom stereocenters. The first-order chi connectivity index (χ1) is 8.74. The molecule has 3 heterocycles. The number of aryl methyl sites for hydroxylation is 2. The second-order valence-corrected chi connectivity index (χ2v) is 5.85. The Morgan fingerprint density at radius 3 is 3.00 bits per heavy atom. The Morgan fingerprint density at radius 1 is 1.33 bits per heavy atom. The minimum absolute atomic E-state index is 0.693. The number of nitrogens with zero attached hydrogens (tertiary/aromatic N) is 2. The molecule has 1 aromatic heterocycles. The van der Waals surface area contributed by atoms with E-state index in [0.717, 1.165) is 18.3 Å². The molecule has 2 fully saturated rings. The monoisotopic (exact) mass is 248 g/mol. The summed E-state index contributed by atoms with van der Waals surface area (Å²) in [6, 6.07) is 1.54. The van der Waals surface area contributed by atoms with Crippen molar-refractivity contribution < 1.29 is 0 Å². The number of nitrogens with one attached hydrogen (secondary N) is 2. The van der Waals surface area contributed by atoms with Crippen LogP contribution in [0.1, 0.15) is 42.6 Å². The Labute approximate surface area is 109 Å². The summed E-state index contributed by atoms with van der Waals surface area (Å²) in [6.45, 7) is 7.77. The first kappa shape index (κ1) is 12.2. The number of aromatic amines is 1. The van der Waals surface area contributed by atoms with Crippen molar-refractivity contribution in [2.24, 2.45) is 0 Å². The van der Waals surface area contributed by atoms with Gasteiger partial charge < -0.3 is 10.2 Å². The van der Waals surface area contributed by atoms with E-state index in [1.54, 1.807) is 0 Å². The highest BCUT2D eigenvalue weighted by Crippen LogP contribution is 2.27. The smallest absolute Gasteiger partial charge is 0.0638 e. The topological polar surface area (TPSA) is 44.0 Å². The van der Waals surface area contributed by atoms with E-state index in [0.29, 0.717) is 6.04 Å². The second-order valence-electron chi connectivity index (χ2n) is 5.85. The van der Waals surface area contributed by atoms with Crippen LogP contribution in [0, 0.1) is 13.8 Å². The van der Waals surface area contributed by atoms with Gasteiger partial charge in [0, 0.05) is 29.9 Å². The molecule has 3 rings (SSSR count). The van der Waals surface area contributed by atoms with E-state index in [2.05, 4.69) is 34.3 Å². The van der Waals surface area contributed by atoms with Crippen LogP contribution in [0.3, 0.4) is 0 Å². The summed E-state index contributed by atoms with van der Waals surface area (Å²) in [6.07, 6.45) is 5.43. The van der Waals surface area contributed by atoms with Crippen molar-refractivity contribution in [1.82, 2.24) is 20.4 Å². The highest BCUT2D eigenvalue weighted by atomic mass is 15.2. The van der Waals surface area contributed by atoms with Gasteiger partial charge in [-0.05, 0) is 52.6 Å². The third-order valence-corrected chi connectivity index (χ3v) is 4.67. The van der Waals surface area contributed by atoms with E-state index in [4.69, 9.17) is 0 Å². The van der Waals surface area contributed by atoms with Gasteiger partial charge in [0.15, 0.2) is 0 Å². The van der Waals surface area contributed by atoms with Crippen LogP contribution >= 0.6 is 0 Å². The predicted molar refractivity (Wildman–Crippen MR) is 72.5 cm³/mol. The van der Waals surface area contributed by atoms with Crippen LogP contribution in [-0.4, -0.2) is 40.3 Å². The third-order valence-electron chi connectivity index (χ3n) is 4.67. The molecule has 0 bridgehead atoms. The maximum atomic E-state index is 4.26. The van der Waals surface area contributed by atoms with Crippen molar-refractivity contribution in [1.29, 1.82) is 0 Å². The van der Waals surface area contributed by atoms with Gasteiger partial charge in [0.25, 0.3) is 0 Å². The van der Waals surface area contributed by atoms with Crippen LogP contribution in [-0.2, 0) is 6.54 Å². The SMILES string of the molecule is Cc1n[nH]c(C)c1CNC1CCN2CCCC2C1. The normalized spacial score (nSPS) is 28.6. The lowest BCUT2D eigenvalue weighted by atomic mass is 9.97. The molecule has 0 aromatic carbocycles. The summed E-state index contributed by atoms with van der Waals surface area (Å²) in [7, 11) is 0. The van der Waals surface area contributed by atoms with Gasteiger partial charge in [-0.15, -0.1) is 0 Å². The van der Waals surface area contributed by atoms with Crippen LogP contribution in [0.2, 0.25) is 0 Å². The molecule has 18 heavy (non-hydrogen) atoms. The quantitative estimate of drug-likeness (QED) is 0.856. The minimum Gasteiger partial charge on any atom is -0.310 e. The summed E-state index contributed by atoms with van der Waals surface area (Å²) in [5.41, 5.74) is 3.69. The van der Waals surface area contributed by atoms with Gasteiger partial charge >= 0.3 is 0 Å². The number of piperidine rings is 1. The van der Waals surface area contributed by atoms with Crippen LogP contribution in [0.5, 0.6) is 0 Å². The van der Waals surface area contributed by atoms with Gasteiger partial charge in [0.2, 0.25) is 0 Å². The van der Waals surface area contributed by atoms with Gasteiger partial charge in [0.05, 0.1) is 5.69 Å². The van der Waals surface area contributed by atoms with E-state index >= 15 is 0 Å². The van der Waals surface area contributed by atoms with Gasteiger partial charge in [-0.2, -0.15) is 5.10 Å². The van der Waals surface area contributed by atoms with E-state index in [9.17, 15) is 0 Å². The van der Waals surface area contributed by atoms with Crippen LogP contribution < -0.4 is 5.32 Å². The van der Waals surface area contributed by atoms with E-state index in [1.165, 1.54) is 50.0 Å². The van der Waals surface area contributed by atoms with Crippen molar-refractivity contribution in [3.05, 3.63) is 17.0 Å². The third kappa shape index (κ3) is 2.31. The maximum Gasteiger partial charge on any atom is 0.0638 e. The zero-order valence-corrected chi connectivity index (χ0v) is 11.5. The number of H-pyrrole nitrogens is 1. The fourth-order valence-electron chi connectivity index (χ4n) is 3.49. The minimum atomic E-state index is 0.693. The zero-order valence-electron chi connectivity index (χ0n) is 11.5. The number of hydrogen-bond donors (Lipinski definition) is 2. The average Bonchev–Trinajstić information content (AvgIpc) is 2.94. The first-order valence-corrected chi connectivity index (χ1v) is 7.22. The molecule has 2 atom stereocenters. The Balaban J connectivity index is 1.55. The molecule has 4 nitrogen and oxygen atoms in total. The molecule has 2 saturated heterocycles. The summed E-state index contributed by atoms with van der Waals surface area (Å²) in [5.74, 6) is 0. The average molecular weight is 248 g/mol. The molecular weight excluding hydrogens is 224 g/mol. The molecule has 2 aliphatic rings. The summed E-state index contributed by atoms with van der Waals surface area (Å²) in [4.78, 5) is 2.67. The number of hydrogen-bond acceptors (Lipinski definition) is 3. The molecule has 0 radical (unpaired) electrons. The zero-order chi connectivity index (χ0) is 12.5. The molecule has 1 aromatic rings. The lowest BCUT2D eigenvalue weighted by Gasteiger charge is -2.35. The van der Waals surface area contributed by atoms with Crippen molar-refractivity contribution in [3.8, 4) is 0 Å². The molecule has 4 heteroatoms.